The molecule has 5 nitrogen and oxygen atoms in total. The van der Waals surface area contributed by atoms with Crippen LogP contribution in [0.15, 0.2) is 18.2 Å². The molecule has 0 bridgehead atoms. The van der Waals surface area contributed by atoms with Gasteiger partial charge in [0, 0.05) is 31.2 Å². The fourth-order valence-electron chi connectivity index (χ4n) is 3.33. The summed E-state index contributed by atoms with van der Waals surface area (Å²) in [5.41, 5.74) is 3.14. The van der Waals surface area contributed by atoms with Gasteiger partial charge in [-0.1, -0.05) is 6.07 Å². The van der Waals surface area contributed by atoms with E-state index >= 15 is 0 Å². The van der Waals surface area contributed by atoms with E-state index in [1.165, 1.54) is 0 Å². The quantitative estimate of drug-likeness (QED) is 0.787. The maximum atomic E-state index is 12.4. The maximum Gasteiger partial charge on any atom is 0.227 e. The van der Waals surface area contributed by atoms with E-state index in [-0.39, 0.29) is 23.7 Å². The molecule has 0 heterocycles. The number of amides is 2. The largest absolute Gasteiger partial charge is 0.383 e. The van der Waals surface area contributed by atoms with Crippen LogP contribution in [0.5, 0.6) is 0 Å². The standard InChI is InChI=1S/C19H28N2O3/c1-13-10-14(2)12-17(11-13)21-19(23)16-6-4-15(5-7-16)18(22)20-8-9-24-3/h10-12,15-16H,4-9H2,1-3H3,(H,20,22)(H,21,23). The van der Waals surface area contributed by atoms with Crippen LogP contribution in [-0.2, 0) is 14.3 Å². The summed E-state index contributed by atoms with van der Waals surface area (Å²) in [6.07, 6.45) is 3.06. The van der Waals surface area contributed by atoms with Crippen molar-refractivity contribution in [1.82, 2.24) is 5.32 Å². The number of aryl methyl sites for hydroxylation is 2. The van der Waals surface area contributed by atoms with Gasteiger partial charge in [-0.3, -0.25) is 9.59 Å². The van der Waals surface area contributed by atoms with Gasteiger partial charge in [-0.15, -0.1) is 0 Å². The average Bonchev–Trinajstić information content (AvgIpc) is 2.54. The molecule has 0 spiro atoms. The summed E-state index contributed by atoms with van der Waals surface area (Å²) < 4.78 is 4.93. The number of nitrogens with one attached hydrogen (secondary N) is 2. The minimum Gasteiger partial charge on any atom is -0.383 e. The highest BCUT2D eigenvalue weighted by Crippen LogP contribution is 2.30. The molecule has 2 rings (SSSR count). The normalized spacial score (nSPS) is 20.5. The van der Waals surface area contributed by atoms with E-state index in [9.17, 15) is 9.59 Å². The minimum absolute atomic E-state index is 0.00570. The van der Waals surface area contributed by atoms with Crippen LogP contribution in [0.25, 0.3) is 0 Å². The van der Waals surface area contributed by atoms with Gasteiger partial charge in [0.15, 0.2) is 0 Å². The first kappa shape index (κ1) is 18.5. The van der Waals surface area contributed by atoms with Gasteiger partial charge in [0.25, 0.3) is 0 Å². The number of ether oxygens (including phenoxy) is 1. The van der Waals surface area contributed by atoms with Crippen molar-refractivity contribution in [3.05, 3.63) is 29.3 Å². The average molecular weight is 332 g/mol. The molecule has 1 fully saturated rings. The van der Waals surface area contributed by atoms with Crippen molar-refractivity contribution in [3.63, 3.8) is 0 Å². The molecule has 2 N–H and O–H groups in total. The molecule has 24 heavy (non-hydrogen) atoms. The lowest BCUT2D eigenvalue weighted by Gasteiger charge is -2.27. The highest BCUT2D eigenvalue weighted by Gasteiger charge is 2.29. The lowest BCUT2D eigenvalue weighted by Crippen LogP contribution is -2.36. The number of carbonyl (C=O) groups is 2. The number of carbonyl (C=O) groups excluding carboxylic acids is 2. The predicted octanol–water partition coefficient (Wildman–Crippen LogP) is 2.81. The summed E-state index contributed by atoms with van der Waals surface area (Å²) in [7, 11) is 1.62. The third kappa shape index (κ3) is 5.34. The Morgan fingerprint density at radius 2 is 1.54 bits per heavy atom. The van der Waals surface area contributed by atoms with E-state index in [0.717, 1.165) is 42.5 Å². The molecule has 0 aliphatic heterocycles. The number of methoxy groups -OCH3 is 1. The Kier molecular flexibility index (Phi) is 6.79. The first-order valence-electron chi connectivity index (χ1n) is 8.65. The number of anilines is 1. The van der Waals surface area contributed by atoms with Crippen molar-refractivity contribution in [1.29, 1.82) is 0 Å². The molecule has 1 aromatic rings. The third-order valence-electron chi connectivity index (χ3n) is 4.56. The molecule has 1 aliphatic carbocycles. The Bertz CT molecular complexity index is 558. The van der Waals surface area contributed by atoms with Crippen LogP contribution in [0.1, 0.15) is 36.8 Å². The first-order valence-corrected chi connectivity index (χ1v) is 8.65. The zero-order valence-electron chi connectivity index (χ0n) is 14.9. The lowest BCUT2D eigenvalue weighted by atomic mass is 9.81. The monoisotopic (exact) mass is 332 g/mol. The molecule has 1 aromatic carbocycles. The number of rotatable bonds is 6. The Labute approximate surface area is 144 Å². The summed E-state index contributed by atoms with van der Waals surface area (Å²) in [6.45, 7) is 5.12. The van der Waals surface area contributed by atoms with Crippen LogP contribution in [0.3, 0.4) is 0 Å². The van der Waals surface area contributed by atoms with Gasteiger partial charge in [0.2, 0.25) is 11.8 Å². The molecule has 2 amide bonds. The van der Waals surface area contributed by atoms with E-state index in [0.29, 0.717) is 13.2 Å². The van der Waals surface area contributed by atoms with Crippen LogP contribution >= 0.6 is 0 Å². The van der Waals surface area contributed by atoms with Gasteiger partial charge >= 0.3 is 0 Å². The van der Waals surface area contributed by atoms with Crippen molar-refractivity contribution in [3.8, 4) is 0 Å². The predicted molar refractivity (Wildman–Crippen MR) is 94.9 cm³/mol. The Morgan fingerprint density at radius 3 is 2.08 bits per heavy atom. The second kappa shape index (κ2) is 8.83. The van der Waals surface area contributed by atoms with Crippen molar-refractivity contribution < 1.29 is 14.3 Å². The van der Waals surface area contributed by atoms with Gasteiger partial charge in [0.1, 0.15) is 0 Å². The van der Waals surface area contributed by atoms with Gasteiger partial charge in [-0.2, -0.15) is 0 Å². The van der Waals surface area contributed by atoms with E-state index in [1.54, 1.807) is 7.11 Å². The zero-order valence-corrected chi connectivity index (χ0v) is 14.9. The van der Waals surface area contributed by atoms with Crippen molar-refractivity contribution in [2.45, 2.75) is 39.5 Å². The fourth-order valence-corrected chi connectivity index (χ4v) is 3.33. The molecular formula is C19H28N2O3. The summed E-state index contributed by atoms with van der Waals surface area (Å²) in [5, 5.41) is 5.91. The smallest absolute Gasteiger partial charge is 0.227 e. The third-order valence-corrected chi connectivity index (χ3v) is 4.56. The van der Waals surface area contributed by atoms with E-state index in [2.05, 4.69) is 16.7 Å². The van der Waals surface area contributed by atoms with Crippen LogP contribution in [0, 0.1) is 25.7 Å². The molecule has 0 unspecified atom stereocenters. The first-order chi connectivity index (χ1) is 11.5. The van der Waals surface area contributed by atoms with Gasteiger partial charge in [-0.25, -0.2) is 0 Å². The summed E-state index contributed by atoms with van der Waals surface area (Å²) in [4.78, 5) is 24.5. The second-order valence-electron chi connectivity index (χ2n) is 6.70. The Balaban J connectivity index is 1.81. The van der Waals surface area contributed by atoms with Crippen LogP contribution in [-0.4, -0.2) is 32.1 Å². The van der Waals surface area contributed by atoms with Gasteiger partial charge < -0.3 is 15.4 Å². The van der Waals surface area contributed by atoms with Crippen LogP contribution < -0.4 is 10.6 Å². The van der Waals surface area contributed by atoms with Crippen molar-refractivity contribution in [2.75, 3.05) is 25.6 Å². The Morgan fingerprint density at radius 1 is 1.00 bits per heavy atom. The highest BCUT2D eigenvalue weighted by atomic mass is 16.5. The maximum absolute atomic E-state index is 12.4. The molecule has 132 valence electrons. The molecule has 0 atom stereocenters. The zero-order chi connectivity index (χ0) is 17.5. The highest BCUT2D eigenvalue weighted by molar-refractivity contribution is 5.93. The summed E-state index contributed by atoms with van der Waals surface area (Å²) in [5.74, 6) is 0.166. The molecule has 0 radical (unpaired) electrons. The number of benzene rings is 1. The minimum atomic E-state index is -0.00570. The summed E-state index contributed by atoms with van der Waals surface area (Å²) >= 11 is 0. The van der Waals surface area contributed by atoms with Crippen LogP contribution in [0.2, 0.25) is 0 Å². The molecule has 5 heteroatoms. The SMILES string of the molecule is COCCNC(=O)C1CCC(C(=O)Nc2cc(C)cc(C)c2)CC1. The number of hydrogen-bond donors (Lipinski definition) is 2. The topological polar surface area (TPSA) is 67.4 Å². The molecule has 1 aliphatic rings. The lowest BCUT2D eigenvalue weighted by molar-refractivity contribution is -0.128. The fraction of sp³-hybridized carbons (Fsp3) is 0.579. The van der Waals surface area contributed by atoms with Crippen molar-refractivity contribution in [2.24, 2.45) is 11.8 Å². The molecule has 0 aromatic heterocycles. The Hall–Kier alpha value is -1.88. The van der Waals surface area contributed by atoms with E-state index < -0.39 is 0 Å². The van der Waals surface area contributed by atoms with E-state index in [1.807, 2.05) is 26.0 Å². The molecular weight excluding hydrogens is 304 g/mol. The molecule has 0 saturated heterocycles. The van der Waals surface area contributed by atoms with E-state index in [4.69, 9.17) is 4.74 Å². The van der Waals surface area contributed by atoms with Crippen LogP contribution in [0.4, 0.5) is 5.69 Å². The second-order valence-corrected chi connectivity index (χ2v) is 6.70. The molecule has 1 saturated carbocycles. The van der Waals surface area contributed by atoms with Gasteiger partial charge in [0.05, 0.1) is 6.61 Å². The summed E-state index contributed by atoms with van der Waals surface area (Å²) in [6, 6.07) is 6.06. The number of hydrogen-bond acceptors (Lipinski definition) is 3. The van der Waals surface area contributed by atoms with Crippen molar-refractivity contribution >= 4 is 17.5 Å². The van der Waals surface area contributed by atoms with Gasteiger partial charge in [-0.05, 0) is 62.8 Å².